The van der Waals surface area contributed by atoms with Gasteiger partial charge in [-0.15, -0.1) is 0 Å². The van der Waals surface area contributed by atoms with Crippen LogP contribution in [0.1, 0.15) is 19.3 Å². The zero-order valence-electron chi connectivity index (χ0n) is 21.2. The van der Waals surface area contributed by atoms with Gasteiger partial charge in [0.1, 0.15) is 28.0 Å². The Labute approximate surface area is 224 Å². The summed E-state index contributed by atoms with van der Waals surface area (Å²) in [4.78, 5) is 10.8. The number of piperidine rings is 1. The lowest BCUT2D eigenvalue weighted by Gasteiger charge is -2.31. The number of hydrogen-bond acceptors (Lipinski definition) is 8. The topological polar surface area (TPSA) is 122 Å². The first-order valence-corrected chi connectivity index (χ1v) is 14.0. The van der Waals surface area contributed by atoms with E-state index in [-0.39, 0.29) is 11.8 Å². The van der Waals surface area contributed by atoms with Gasteiger partial charge in [0.2, 0.25) is 5.88 Å². The van der Waals surface area contributed by atoms with Gasteiger partial charge < -0.3 is 14.4 Å². The van der Waals surface area contributed by atoms with Crippen LogP contribution in [0.2, 0.25) is 0 Å². The minimum atomic E-state index is -4.34. The summed E-state index contributed by atoms with van der Waals surface area (Å²) in [6, 6.07) is 8.48. The Bertz CT molecular complexity index is 1540. The van der Waals surface area contributed by atoms with Crippen molar-refractivity contribution in [3.8, 4) is 17.3 Å². The van der Waals surface area contributed by atoms with Crippen molar-refractivity contribution in [3.05, 3.63) is 60.3 Å². The van der Waals surface area contributed by atoms with E-state index in [0.717, 1.165) is 57.6 Å². The number of methoxy groups -OCH3 is 1. The summed E-state index contributed by atoms with van der Waals surface area (Å²) in [5.41, 5.74) is 1.28. The molecule has 0 radical (unpaired) electrons. The van der Waals surface area contributed by atoms with Crippen molar-refractivity contribution in [1.29, 1.82) is 0 Å². The lowest BCUT2D eigenvalue weighted by Crippen LogP contribution is -2.39. The van der Waals surface area contributed by atoms with E-state index in [9.17, 15) is 17.2 Å². The number of ether oxygens (including phenoxy) is 2. The van der Waals surface area contributed by atoms with E-state index in [2.05, 4.69) is 29.8 Å². The van der Waals surface area contributed by atoms with Crippen molar-refractivity contribution in [2.75, 3.05) is 38.1 Å². The molecular weight excluding hydrogens is 530 g/mol. The van der Waals surface area contributed by atoms with Gasteiger partial charge in [-0.2, -0.15) is 10.1 Å². The first-order chi connectivity index (χ1) is 18.8. The molecule has 1 fully saturated rings. The zero-order valence-corrected chi connectivity index (χ0v) is 22.0. The minimum absolute atomic E-state index is 0.00419. The Hall–Kier alpha value is -3.68. The molecule has 0 spiro atoms. The van der Waals surface area contributed by atoms with Gasteiger partial charge in [0.05, 0.1) is 6.20 Å². The average Bonchev–Trinajstić information content (AvgIpc) is 3.41. The third-order valence-corrected chi connectivity index (χ3v) is 7.88. The van der Waals surface area contributed by atoms with Crippen LogP contribution in [0.5, 0.6) is 5.88 Å². The van der Waals surface area contributed by atoms with Crippen LogP contribution in [0.3, 0.4) is 0 Å². The predicted molar refractivity (Wildman–Crippen MR) is 141 cm³/mol. The Kier molecular flexibility index (Phi) is 8.00. The molecule has 13 heteroatoms. The molecule has 0 aliphatic carbocycles. The quantitative estimate of drug-likeness (QED) is 0.280. The number of likely N-dealkylation sites (tertiary alicyclic amines) is 1. The highest BCUT2D eigenvalue weighted by atomic mass is 32.2. The molecule has 3 heterocycles. The Morgan fingerprint density at radius 3 is 2.62 bits per heavy atom. The molecule has 1 aliphatic rings. The largest absolute Gasteiger partial charge is 0.474 e. The van der Waals surface area contributed by atoms with Gasteiger partial charge in [-0.25, -0.2) is 22.2 Å². The second kappa shape index (κ2) is 11.6. The van der Waals surface area contributed by atoms with Crippen LogP contribution >= 0.6 is 0 Å². The molecule has 10 nitrogen and oxygen atoms in total. The molecule has 206 valence electrons. The second-order valence-corrected chi connectivity index (χ2v) is 10.9. The summed E-state index contributed by atoms with van der Waals surface area (Å²) >= 11 is 0. The van der Waals surface area contributed by atoms with Gasteiger partial charge in [0, 0.05) is 44.6 Å². The van der Waals surface area contributed by atoms with E-state index in [4.69, 9.17) is 9.47 Å². The van der Waals surface area contributed by atoms with Crippen LogP contribution in [0.25, 0.3) is 22.4 Å². The average molecular weight is 559 g/mol. The number of anilines is 1. The SMILES string of the molecule is COCCCN1CCC(Oc2nc(-c3ccc(NS(=O)(=O)c4cc(F)ccc4F)cc3)nc3[nH]ncc23)CC1. The zero-order chi connectivity index (χ0) is 27.4. The van der Waals surface area contributed by atoms with Crippen LogP contribution in [0.15, 0.2) is 53.6 Å². The lowest BCUT2D eigenvalue weighted by molar-refractivity contribution is 0.0909. The number of rotatable bonds is 10. The highest BCUT2D eigenvalue weighted by Crippen LogP contribution is 2.29. The van der Waals surface area contributed by atoms with Crippen LogP contribution in [0, 0.1) is 11.6 Å². The highest BCUT2D eigenvalue weighted by molar-refractivity contribution is 7.92. The van der Waals surface area contributed by atoms with Crippen molar-refractivity contribution < 1.29 is 26.7 Å². The molecule has 2 aromatic carbocycles. The van der Waals surface area contributed by atoms with Crippen molar-refractivity contribution in [1.82, 2.24) is 25.1 Å². The third-order valence-electron chi connectivity index (χ3n) is 6.49. The Morgan fingerprint density at radius 1 is 1.10 bits per heavy atom. The lowest BCUT2D eigenvalue weighted by atomic mass is 10.1. The summed E-state index contributed by atoms with van der Waals surface area (Å²) in [5, 5.41) is 7.60. The molecule has 39 heavy (non-hydrogen) atoms. The fraction of sp³-hybridized carbons (Fsp3) is 0.346. The molecule has 0 amide bonds. The van der Waals surface area contributed by atoms with Crippen molar-refractivity contribution in [2.45, 2.75) is 30.3 Å². The van der Waals surface area contributed by atoms with E-state index in [0.29, 0.717) is 34.4 Å². The molecular formula is C26H28F2N6O4S. The second-order valence-electron chi connectivity index (χ2n) is 9.25. The molecule has 0 atom stereocenters. The number of aromatic amines is 1. The number of nitrogens with one attached hydrogen (secondary N) is 2. The van der Waals surface area contributed by atoms with E-state index in [1.165, 1.54) is 12.1 Å². The van der Waals surface area contributed by atoms with E-state index < -0.39 is 26.6 Å². The van der Waals surface area contributed by atoms with Crippen molar-refractivity contribution in [3.63, 3.8) is 0 Å². The van der Waals surface area contributed by atoms with Gasteiger partial charge in [-0.05, 0) is 61.7 Å². The summed E-state index contributed by atoms with van der Waals surface area (Å²) in [7, 11) is -2.63. The molecule has 2 aromatic heterocycles. The highest BCUT2D eigenvalue weighted by Gasteiger charge is 2.23. The molecule has 0 unspecified atom stereocenters. The molecule has 1 saturated heterocycles. The smallest absolute Gasteiger partial charge is 0.264 e. The summed E-state index contributed by atoms with van der Waals surface area (Å²) in [6.45, 7) is 3.60. The van der Waals surface area contributed by atoms with Gasteiger partial charge >= 0.3 is 0 Å². The van der Waals surface area contributed by atoms with E-state index in [1.807, 2.05) is 0 Å². The number of benzene rings is 2. The van der Waals surface area contributed by atoms with Crippen molar-refractivity contribution in [2.24, 2.45) is 0 Å². The molecule has 4 aromatic rings. The number of hydrogen-bond donors (Lipinski definition) is 2. The third kappa shape index (κ3) is 6.32. The van der Waals surface area contributed by atoms with Gasteiger partial charge in [-0.1, -0.05) is 0 Å². The molecule has 5 rings (SSSR count). The standard InChI is InChI=1S/C26H28F2N6O4S/c1-37-14-2-11-34-12-9-20(10-13-34)38-26-21-16-29-32-25(21)30-24(31-26)17-3-6-19(7-4-17)33-39(35,36)23-15-18(27)5-8-22(23)28/h3-8,15-16,20,33H,2,9-14H2,1H3,(H,29,30,31,32). The normalized spacial score (nSPS) is 15.1. The van der Waals surface area contributed by atoms with Crippen LogP contribution in [0.4, 0.5) is 14.5 Å². The number of halogens is 2. The predicted octanol–water partition coefficient (Wildman–Crippen LogP) is 3.98. The number of aromatic nitrogens is 4. The molecule has 0 saturated carbocycles. The number of H-pyrrole nitrogens is 1. The maximum Gasteiger partial charge on any atom is 0.264 e. The number of fused-ring (bicyclic) bond motifs is 1. The Balaban J connectivity index is 1.30. The maximum atomic E-state index is 14.0. The van der Waals surface area contributed by atoms with Crippen LogP contribution < -0.4 is 9.46 Å². The first-order valence-electron chi connectivity index (χ1n) is 12.5. The van der Waals surface area contributed by atoms with Crippen LogP contribution in [-0.2, 0) is 14.8 Å². The van der Waals surface area contributed by atoms with Crippen LogP contribution in [-0.4, -0.2) is 72.9 Å². The summed E-state index contributed by atoms with van der Waals surface area (Å²) in [6.07, 6.45) is 4.36. The molecule has 0 bridgehead atoms. The first kappa shape index (κ1) is 26.9. The number of nitrogens with zero attached hydrogens (tertiary/aromatic N) is 4. The van der Waals surface area contributed by atoms with Gasteiger partial charge in [-0.3, -0.25) is 9.82 Å². The molecule has 2 N–H and O–H groups in total. The summed E-state index contributed by atoms with van der Waals surface area (Å²) < 4.78 is 66.4. The van der Waals surface area contributed by atoms with E-state index >= 15 is 0 Å². The fourth-order valence-electron chi connectivity index (χ4n) is 4.45. The van der Waals surface area contributed by atoms with Gasteiger partial charge in [0.25, 0.3) is 10.0 Å². The van der Waals surface area contributed by atoms with Gasteiger partial charge in [0.15, 0.2) is 11.5 Å². The summed E-state index contributed by atoms with van der Waals surface area (Å²) in [5.74, 6) is -1.12. The van der Waals surface area contributed by atoms with E-state index in [1.54, 1.807) is 25.4 Å². The maximum absolute atomic E-state index is 14.0. The van der Waals surface area contributed by atoms with Crippen molar-refractivity contribution >= 4 is 26.7 Å². The fourth-order valence-corrected chi connectivity index (χ4v) is 5.60. The monoisotopic (exact) mass is 558 g/mol. The Morgan fingerprint density at radius 2 is 1.87 bits per heavy atom. The minimum Gasteiger partial charge on any atom is -0.474 e. The number of sulfonamides is 1. The molecule has 1 aliphatic heterocycles.